The van der Waals surface area contributed by atoms with Crippen molar-refractivity contribution in [3.63, 3.8) is 0 Å². The zero-order chi connectivity index (χ0) is 23.7. The first-order valence-electron chi connectivity index (χ1n) is 11.8. The fraction of sp³-hybridized carbons (Fsp3) is 0.500. The number of hydrogen-bond donors (Lipinski definition) is 0. The largest absolute Gasteiger partial charge is 0.379 e. The van der Waals surface area contributed by atoms with Crippen LogP contribution in [0.5, 0.6) is 0 Å². The molecule has 0 aliphatic rings. The van der Waals surface area contributed by atoms with Crippen molar-refractivity contribution in [2.24, 2.45) is 0 Å². The molecule has 0 atom stereocenters. The number of aromatic nitrogens is 1. The highest BCUT2D eigenvalue weighted by atomic mass is 32.2. The molecule has 6 nitrogen and oxygen atoms in total. The number of benzene rings is 2. The van der Waals surface area contributed by atoms with E-state index in [1.54, 1.807) is 23.1 Å². The average Bonchev–Trinajstić information content (AvgIpc) is 3.31. The predicted octanol–water partition coefficient (Wildman–Crippen LogP) is 5.55. The summed E-state index contributed by atoms with van der Waals surface area (Å²) in [6.45, 7) is 8.31. The summed E-state index contributed by atoms with van der Waals surface area (Å²) in [6.07, 6.45) is 1.04. The summed E-state index contributed by atoms with van der Waals surface area (Å²) >= 11 is 3.52. The van der Waals surface area contributed by atoms with Crippen molar-refractivity contribution in [1.29, 1.82) is 0 Å². The van der Waals surface area contributed by atoms with Crippen molar-refractivity contribution in [3.8, 4) is 10.6 Å². The second-order valence-corrected chi connectivity index (χ2v) is 9.62. The van der Waals surface area contributed by atoms with Gasteiger partial charge in [-0.2, -0.15) is 0 Å². The van der Waals surface area contributed by atoms with Crippen LogP contribution in [0.4, 0.5) is 0 Å². The lowest BCUT2D eigenvalue weighted by Gasteiger charge is -2.08. The normalized spacial score (nSPS) is 11.4. The molecule has 2 aromatic carbocycles. The summed E-state index contributed by atoms with van der Waals surface area (Å²) in [5, 5.41) is 1.06. The van der Waals surface area contributed by atoms with E-state index in [1.807, 2.05) is 6.07 Å². The van der Waals surface area contributed by atoms with E-state index in [2.05, 4.69) is 49.4 Å². The summed E-state index contributed by atoms with van der Waals surface area (Å²) in [4.78, 5) is 5.96. The first-order valence-corrected chi connectivity index (χ1v) is 13.6. The first kappa shape index (κ1) is 27.1. The van der Waals surface area contributed by atoms with Crippen LogP contribution in [-0.4, -0.2) is 76.8 Å². The van der Waals surface area contributed by atoms with Gasteiger partial charge in [-0.15, -0.1) is 23.1 Å². The molecule has 0 saturated carbocycles. The topological polar surface area (TPSA) is 59.0 Å². The van der Waals surface area contributed by atoms with E-state index in [0.717, 1.165) is 34.9 Å². The number of thioether (sulfide) groups is 1. The maximum atomic E-state index is 5.66. The third-order valence-electron chi connectivity index (χ3n) is 4.73. The second kappa shape index (κ2) is 17.0. The average molecular weight is 506 g/mol. The SMILES string of the molecule is CCCOCCOCCOCCOCCOCCSc1ccc(-c2nc3ccccc3s2)cc1. The number of rotatable bonds is 19. The van der Waals surface area contributed by atoms with Gasteiger partial charge in [0.15, 0.2) is 0 Å². The van der Waals surface area contributed by atoms with Crippen LogP contribution in [0.15, 0.2) is 53.4 Å². The zero-order valence-corrected chi connectivity index (χ0v) is 21.5. The Balaban J connectivity index is 1.14. The number of nitrogens with zero attached hydrogens (tertiary/aromatic N) is 1. The van der Waals surface area contributed by atoms with Gasteiger partial charge in [-0.3, -0.25) is 0 Å². The Labute approximate surface area is 210 Å². The van der Waals surface area contributed by atoms with Crippen LogP contribution in [0.3, 0.4) is 0 Å². The minimum absolute atomic E-state index is 0.568. The lowest BCUT2D eigenvalue weighted by molar-refractivity contribution is -0.00998. The highest BCUT2D eigenvalue weighted by Crippen LogP contribution is 2.31. The van der Waals surface area contributed by atoms with Gasteiger partial charge in [-0.25, -0.2) is 4.98 Å². The molecule has 0 bridgehead atoms. The molecular formula is C26H35NO5S2. The van der Waals surface area contributed by atoms with E-state index in [0.29, 0.717) is 59.5 Å². The van der Waals surface area contributed by atoms with Gasteiger partial charge < -0.3 is 23.7 Å². The smallest absolute Gasteiger partial charge is 0.124 e. The Morgan fingerprint density at radius 2 is 1.24 bits per heavy atom. The van der Waals surface area contributed by atoms with E-state index in [1.165, 1.54) is 9.60 Å². The van der Waals surface area contributed by atoms with Crippen molar-refractivity contribution in [1.82, 2.24) is 4.98 Å². The molecule has 0 radical (unpaired) electrons. The molecule has 0 amide bonds. The Bertz CT molecular complexity index is 886. The molecule has 3 rings (SSSR count). The van der Waals surface area contributed by atoms with Crippen LogP contribution in [0.25, 0.3) is 20.8 Å². The second-order valence-electron chi connectivity index (χ2n) is 7.42. The monoisotopic (exact) mass is 505 g/mol. The highest BCUT2D eigenvalue weighted by Gasteiger charge is 2.06. The maximum Gasteiger partial charge on any atom is 0.124 e. The minimum Gasteiger partial charge on any atom is -0.379 e. The van der Waals surface area contributed by atoms with Crippen LogP contribution >= 0.6 is 23.1 Å². The van der Waals surface area contributed by atoms with Crippen LogP contribution in [0.2, 0.25) is 0 Å². The molecule has 0 saturated heterocycles. The Kier molecular flexibility index (Phi) is 13.5. The molecule has 0 unspecified atom stereocenters. The van der Waals surface area contributed by atoms with Crippen molar-refractivity contribution in [3.05, 3.63) is 48.5 Å². The lowest BCUT2D eigenvalue weighted by atomic mass is 10.2. The summed E-state index contributed by atoms with van der Waals surface area (Å²) in [5.41, 5.74) is 2.22. The number of hydrogen-bond acceptors (Lipinski definition) is 8. The molecule has 0 fully saturated rings. The Morgan fingerprint density at radius 3 is 1.82 bits per heavy atom. The fourth-order valence-corrected chi connectivity index (χ4v) is 4.77. The number of para-hydroxylation sites is 1. The standard InChI is InChI=1S/C26H35NO5S2/c1-2-11-28-12-13-29-14-15-30-16-17-31-18-19-32-20-21-33-23-9-7-22(8-10-23)26-27-24-5-3-4-6-25(24)34-26/h3-10H,2,11-21H2,1H3. The predicted molar refractivity (Wildman–Crippen MR) is 140 cm³/mol. The van der Waals surface area contributed by atoms with Crippen LogP contribution in [0.1, 0.15) is 13.3 Å². The quantitative estimate of drug-likeness (QED) is 0.156. The molecule has 0 aliphatic carbocycles. The first-order chi connectivity index (χ1) is 16.9. The Hall–Kier alpha value is -1.52. The molecule has 8 heteroatoms. The number of thiazole rings is 1. The van der Waals surface area contributed by atoms with Gasteiger partial charge in [0, 0.05) is 22.8 Å². The highest BCUT2D eigenvalue weighted by molar-refractivity contribution is 7.99. The van der Waals surface area contributed by atoms with E-state index >= 15 is 0 Å². The summed E-state index contributed by atoms with van der Waals surface area (Å²) in [6, 6.07) is 16.8. The summed E-state index contributed by atoms with van der Waals surface area (Å²) in [7, 11) is 0. The van der Waals surface area contributed by atoms with Crippen LogP contribution in [0, 0.1) is 0 Å². The number of fused-ring (bicyclic) bond motifs is 1. The molecule has 0 spiro atoms. The molecule has 1 heterocycles. The van der Waals surface area contributed by atoms with Gasteiger partial charge in [-0.1, -0.05) is 31.2 Å². The van der Waals surface area contributed by atoms with E-state index in [9.17, 15) is 0 Å². The minimum atomic E-state index is 0.568. The molecule has 0 aliphatic heterocycles. The van der Waals surface area contributed by atoms with Crippen molar-refractivity contribution < 1.29 is 23.7 Å². The number of ether oxygens (including phenoxy) is 5. The zero-order valence-electron chi connectivity index (χ0n) is 19.9. The van der Waals surface area contributed by atoms with Gasteiger partial charge in [-0.05, 0) is 30.7 Å². The van der Waals surface area contributed by atoms with Gasteiger partial charge in [0.25, 0.3) is 0 Å². The molecular weight excluding hydrogens is 470 g/mol. The van der Waals surface area contributed by atoms with Crippen molar-refractivity contribution >= 4 is 33.3 Å². The molecule has 3 aromatic rings. The van der Waals surface area contributed by atoms with Crippen LogP contribution in [-0.2, 0) is 23.7 Å². The van der Waals surface area contributed by atoms with Gasteiger partial charge in [0.05, 0.1) is 69.7 Å². The lowest BCUT2D eigenvalue weighted by Crippen LogP contribution is -2.13. The van der Waals surface area contributed by atoms with Gasteiger partial charge in [0.2, 0.25) is 0 Å². The van der Waals surface area contributed by atoms with Crippen molar-refractivity contribution in [2.45, 2.75) is 18.2 Å². The van der Waals surface area contributed by atoms with E-state index in [4.69, 9.17) is 28.7 Å². The van der Waals surface area contributed by atoms with E-state index < -0.39 is 0 Å². The molecule has 0 N–H and O–H groups in total. The van der Waals surface area contributed by atoms with Gasteiger partial charge >= 0.3 is 0 Å². The van der Waals surface area contributed by atoms with Crippen LogP contribution < -0.4 is 0 Å². The summed E-state index contributed by atoms with van der Waals surface area (Å²) in [5.74, 6) is 0.910. The fourth-order valence-electron chi connectivity index (χ4n) is 3.03. The Morgan fingerprint density at radius 1 is 0.676 bits per heavy atom. The third-order valence-corrected chi connectivity index (χ3v) is 6.79. The molecule has 1 aromatic heterocycles. The maximum absolute atomic E-state index is 5.66. The summed E-state index contributed by atoms with van der Waals surface area (Å²) < 4.78 is 28.6. The van der Waals surface area contributed by atoms with Gasteiger partial charge in [0.1, 0.15) is 5.01 Å². The van der Waals surface area contributed by atoms with E-state index in [-0.39, 0.29) is 0 Å². The van der Waals surface area contributed by atoms with Crippen molar-refractivity contribution in [2.75, 3.05) is 71.8 Å². The molecule has 34 heavy (non-hydrogen) atoms. The third kappa shape index (κ3) is 10.4. The molecule has 186 valence electrons.